The Morgan fingerprint density at radius 1 is 1.53 bits per heavy atom. The summed E-state index contributed by atoms with van der Waals surface area (Å²) in [6, 6.07) is 2.24. The van der Waals surface area contributed by atoms with Crippen LogP contribution in [0.5, 0.6) is 0 Å². The van der Waals surface area contributed by atoms with Gasteiger partial charge in [-0.25, -0.2) is 4.98 Å². The maximum absolute atomic E-state index is 5.82. The third-order valence-corrected chi connectivity index (χ3v) is 3.18. The van der Waals surface area contributed by atoms with Gasteiger partial charge in [0, 0.05) is 23.3 Å². The standard InChI is InChI=1S/C10H15Br2N3/c1-2-8(13)3-4-14-10-9(12)5-7(11)6-15-10/h5-6,8H,2-4,13H2,1H3,(H,14,15). The van der Waals surface area contributed by atoms with Gasteiger partial charge in [-0.05, 0) is 50.8 Å². The second-order valence-corrected chi connectivity index (χ2v) is 5.14. The molecule has 0 bridgehead atoms. The van der Waals surface area contributed by atoms with Crippen molar-refractivity contribution in [1.29, 1.82) is 0 Å². The molecule has 84 valence electrons. The zero-order valence-electron chi connectivity index (χ0n) is 8.63. The maximum Gasteiger partial charge on any atom is 0.140 e. The molecule has 0 fully saturated rings. The van der Waals surface area contributed by atoms with E-state index in [1.807, 2.05) is 6.07 Å². The first-order valence-electron chi connectivity index (χ1n) is 4.94. The van der Waals surface area contributed by atoms with Crippen molar-refractivity contribution >= 4 is 37.7 Å². The molecule has 1 aromatic heterocycles. The molecule has 3 N–H and O–H groups in total. The Morgan fingerprint density at radius 3 is 2.87 bits per heavy atom. The third kappa shape index (κ3) is 4.49. The molecule has 1 aromatic rings. The number of rotatable bonds is 5. The van der Waals surface area contributed by atoms with Gasteiger partial charge in [-0.3, -0.25) is 0 Å². The number of hydrogen-bond acceptors (Lipinski definition) is 3. The molecule has 3 nitrogen and oxygen atoms in total. The molecule has 0 aromatic carbocycles. The Morgan fingerprint density at radius 2 is 2.27 bits per heavy atom. The first kappa shape index (κ1) is 12.9. The Hall–Kier alpha value is -0.130. The molecule has 0 amide bonds. The minimum atomic E-state index is 0.270. The highest BCUT2D eigenvalue weighted by molar-refractivity contribution is 9.11. The van der Waals surface area contributed by atoms with Gasteiger partial charge in [0.15, 0.2) is 0 Å². The van der Waals surface area contributed by atoms with Crippen LogP contribution in [-0.4, -0.2) is 17.6 Å². The zero-order chi connectivity index (χ0) is 11.3. The fraction of sp³-hybridized carbons (Fsp3) is 0.500. The monoisotopic (exact) mass is 335 g/mol. The molecular formula is C10H15Br2N3. The summed E-state index contributed by atoms with van der Waals surface area (Å²) in [7, 11) is 0. The molecule has 0 aliphatic heterocycles. The van der Waals surface area contributed by atoms with Gasteiger partial charge in [-0.1, -0.05) is 6.92 Å². The highest BCUT2D eigenvalue weighted by Gasteiger charge is 2.03. The molecule has 0 saturated heterocycles. The number of nitrogens with one attached hydrogen (secondary N) is 1. The highest BCUT2D eigenvalue weighted by atomic mass is 79.9. The van der Waals surface area contributed by atoms with Crippen molar-refractivity contribution in [3.63, 3.8) is 0 Å². The minimum Gasteiger partial charge on any atom is -0.369 e. The van der Waals surface area contributed by atoms with Crippen LogP contribution < -0.4 is 11.1 Å². The van der Waals surface area contributed by atoms with Gasteiger partial charge in [0.2, 0.25) is 0 Å². The Labute approximate surface area is 107 Å². The van der Waals surface area contributed by atoms with Crippen LogP contribution in [0.4, 0.5) is 5.82 Å². The average Bonchev–Trinajstić information content (AvgIpc) is 2.21. The lowest BCUT2D eigenvalue weighted by molar-refractivity contribution is 0.613. The molecular weight excluding hydrogens is 322 g/mol. The summed E-state index contributed by atoms with van der Waals surface area (Å²) in [6.45, 7) is 2.95. The number of nitrogens with two attached hydrogens (primary N) is 1. The van der Waals surface area contributed by atoms with Gasteiger partial charge < -0.3 is 11.1 Å². The van der Waals surface area contributed by atoms with Crippen LogP contribution in [0.1, 0.15) is 19.8 Å². The number of aromatic nitrogens is 1. The van der Waals surface area contributed by atoms with Crippen molar-refractivity contribution < 1.29 is 0 Å². The summed E-state index contributed by atoms with van der Waals surface area (Å²) in [4.78, 5) is 4.25. The normalized spacial score (nSPS) is 12.5. The Bertz CT molecular complexity index is 318. The van der Waals surface area contributed by atoms with Gasteiger partial charge >= 0.3 is 0 Å². The highest BCUT2D eigenvalue weighted by Crippen LogP contribution is 2.23. The van der Waals surface area contributed by atoms with Gasteiger partial charge in [-0.2, -0.15) is 0 Å². The number of pyridine rings is 1. The first-order chi connectivity index (χ1) is 7.13. The number of anilines is 1. The SMILES string of the molecule is CCC(N)CCNc1ncc(Br)cc1Br. The van der Waals surface area contributed by atoms with Crippen LogP contribution in [-0.2, 0) is 0 Å². The molecule has 1 heterocycles. The first-order valence-corrected chi connectivity index (χ1v) is 6.52. The van der Waals surface area contributed by atoms with E-state index in [2.05, 4.69) is 49.1 Å². The lowest BCUT2D eigenvalue weighted by atomic mass is 10.2. The lowest BCUT2D eigenvalue weighted by Crippen LogP contribution is -2.22. The van der Waals surface area contributed by atoms with Crippen molar-refractivity contribution in [1.82, 2.24) is 4.98 Å². The summed E-state index contributed by atoms with van der Waals surface area (Å²) in [5.41, 5.74) is 5.82. The predicted octanol–water partition coefficient (Wildman–Crippen LogP) is 3.15. The summed E-state index contributed by atoms with van der Waals surface area (Å²) in [5.74, 6) is 0.863. The van der Waals surface area contributed by atoms with E-state index < -0.39 is 0 Å². The molecule has 0 spiro atoms. The minimum absolute atomic E-state index is 0.270. The lowest BCUT2D eigenvalue weighted by Gasteiger charge is -2.11. The zero-order valence-corrected chi connectivity index (χ0v) is 11.8. The smallest absolute Gasteiger partial charge is 0.140 e. The van der Waals surface area contributed by atoms with E-state index >= 15 is 0 Å². The molecule has 1 unspecified atom stereocenters. The third-order valence-electron chi connectivity index (χ3n) is 2.14. The summed E-state index contributed by atoms with van der Waals surface area (Å²) in [5, 5.41) is 3.25. The topological polar surface area (TPSA) is 50.9 Å². The van der Waals surface area contributed by atoms with E-state index in [4.69, 9.17) is 5.73 Å². The van der Waals surface area contributed by atoms with Gasteiger partial charge in [-0.15, -0.1) is 0 Å². The number of nitrogens with zero attached hydrogens (tertiary/aromatic N) is 1. The fourth-order valence-corrected chi connectivity index (χ4v) is 2.25. The van der Waals surface area contributed by atoms with Crippen molar-refractivity contribution in [2.75, 3.05) is 11.9 Å². The van der Waals surface area contributed by atoms with Crippen molar-refractivity contribution in [2.45, 2.75) is 25.8 Å². The molecule has 1 atom stereocenters. The van der Waals surface area contributed by atoms with E-state index in [1.54, 1.807) is 6.20 Å². The van der Waals surface area contributed by atoms with E-state index in [0.29, 0.717) is 0 Å². The van der Waals surface area contributed by atoms with Crippen molar-refractivity contribution in [2.24, 2.45) is 5.73 Å². The van der Waals surface area contributed by atoms with E-state index in [-0.39, 0.29) is 6.04 Å². The molecule has 0 saturated carbocycles. The molecule has 1 rings (SSSR count). The number of halogens is 2. The Balaban J connectivity index is 2.44. The van der Waals surface area contributed by atoms with E-state index in [1.165, 1.54) is 0 Å². The molecule has 0 aliphatic carbocycles. The molecule has 0 aliphatic rings. The van der Waals surface area contributed by atoms with E-state index in [9.17, 15) is 0 Å². The molecule has 5 heteroatoms. The second-order valence-electron chi connectivity index (χ2n) is 3.37. The molecule has 0 radical (unpaired) electrons. The van der Waals surface area contributed by atoms with Gasteiger partial charge in [0.05, 0.1) is 4.47 Å². The van der Waals surface area contributed by atoms with Crippen molar-refractivity contribution in [3.8, 4) is 0 Å². The second kappa shape index (κ2) is 6.45. The largest absolute Gasteiger partial charge is 0.369 e. The summed E-state index contributed by atoms with van der Waals surface area (Å²) in [6.07, 6.45) is 3.74. The summed E-state index contributed by atoms with van der Waals surface area (Å²) >= 11 is 6.80. The summed E-state index contributed by atoms with van der Waals surface area (Å²) < 4.78 is 1.92. The van der Waals surface area contributed by atoms with Crippen LogP contribution in [0.3, 0.4) is 0 Å². The van der Waals surface area contributed by atoms with Crippen LogP contribution >= 0.6 is 31.9 Å². The van der Waals surface area contributed by atoms with Crippen molar-refractivity contribution in [3.05, 3.63) is 21.2 Å². The Kier molecular flexibility index (Phi) is 5.56. The average molecular weight is 337 g/mol. The molecule has 15 heavy (non-hydrogen) atoms. The predicted molar refractivity (Wildman–Crippen MR) is 71.0 cm³/mol. The van der Waals surface area contributed by atoms with Crippen LogP contribution in [0.15, 0.2) is 21.2 Å². The fourth-order valence-electron chi connectivity index (χ4n) is 1.12. The van der Waals surface area contributed by atoms with E-state index in [0.717, 1.165) is 34.1 Å². The maximum atomic E-state index is 5.82. The van der Waals surface area contributed by atoms with Crippen LogP contribution in [0.2, 0.25) is 0 Å². The van der Waals surface area contributed by atoms with Gasteiger partial charge in [0.1, 0.15) is 5.82 Å². The number of hydrogen-bond donors (Lipinski definition) is 2. The van der Waals surface area contributed by atoms with Crippen LogP contribution in [0, 0.1) is 0 Å². The van der Waals surface area contributed by atoms with Crippen LogP contribution in [0.25, 0.3) is 0 Å². The quantitative estimate of drug-likeness (QED) is 0.868. The van der Waals surface area contributed by atoms with Gasteiger partial charge in [0.25, 0.3) is 0 Å².